The molecule has 1 aromatic heterocycles. The molecule has 4 N–H and O–H groups in total. The standard InChI is InChI=1S/C12H15N3O2S/c13-15-12-14-7-10(18-12)8-17-11-4-2-1-3-9(11)5-6-16/h1-4,7,16H,5-6,8,13H2,(H,14,15). The second kappa shape index (κ2) is 6.34. The number of nitrogen functional groups attached to an aromatic ring is 1. The highest BCUT2D eigenvalue weighted by atomic mass is 32.1. The molecule has 1 aromatic carbocycles. The van der Waals surface area contributed by atoms with Gasteiger partial charge in [-0.3, -0.25) is 5.43 Å². The molecule has 2 rings (SSSR count). The third kappa shape index (κ3) is 3.19. The SMILES string of the molecule is NNc1ncc(COc2ccccc2CCO)s1. The summed E-state index contributed by atoms with van der Waals surface area (Å²) in [6, 6.07) is 7.69. The van der Waals surface area contributed by atoms with E-state index in [0.717, 1.165) is 16.2 Å². The molecule has 18 heavy (non-hydrogen) atoms. The number of thiazole rings is 1. The van der Waals surface area contributed by atoms with Gasteiger partial charge in [-0.05, 0) is 18.1 Å². The van der Waals surface area contributed by atoms with Crippen LogP contribution in [0, 0.1) is 0 Å². The van der Waals surface area contributed by atoms with Gasteiger partial charge in [-0.2, -0.15) is 0 Å². The lowest BCUT2D eigenvalue weighted by atomic mass is 10.1. The summed E-state index contributed by atoms with van der Waals surface area (Å²) >= 11 is 1.45. The molecule has 0 amide bonds. The summed E-state index contributed by atoms with van der Waals surface area (Å²) < 4.78 is 5.72. The molecule has 6 heteroatoms. The number of ether oxygens (including phenoxy) is 1. The molecule has 1 heterocycles. The predicted molar refractivity (Wildman–Crippen MR) is 71.5 cm³/mol. The maximum Gasteiger partial charge on any atom is 0.197 e. The number of nitrogens with two attached hydrogens (primary N) is 1. The van der Waals surface area contributed by atoms with E-state index in [1.54, 1.807) is 6.20 Å². The van der Waals surface area contributed by atoms with E-state index in [1.807, 2.05) is 24.3 Å². The summed E-state index contributed by atoms with van der Waals surface area (Å²) in [6.07, 6.45) is 2.32. The van der Waals surface area contributed by atoms with Crippen LogP contribution in [-0.4, -0.2) is 16.7 Å². The monoisotopic (exact) mass is 265 g/mol. The second-order valence-electron chi connectivity index (χ2n) is 3.65. The number of aliphatic hydroxyl groups is 1. The number of hydrogen-bond acceptors (Lipinski definition) is 6. The van der Waals surface area contributed by atoms with Crippen molar-refractivity contribution >= 4 is 16.5 Å². The topological polar surface area (TPSA) is 80.4 Å². The van der Waals surface area contributed by atoms with Gasteiger partial charge in [0.2, 0.25) is 0 Å². The van der Waals surface area contributed by atoms with E-state index in [-0.39, 0.29) is 6.61 Å². The first-order valence-electron chi connectivity index (χ1n) is 5.56. The molecule has 0 saturated carbocycles. The Morgan fingerprint density at radius 2 is 2.22 bits per heavy atom. The van der Waals surface area contributed by atoms with Gasteiger partial charge in [-0.15, -0.1) is 0 Å². The van der Waals surface area contributed by atoms with Gasteiger partial charge >= 0.3 is 0 Å². The fourth-order valence-electron chi connectivity index (χ4n) is 1.56. The van der Waals surface area contributed by atoms with E-state index >= 15 is 0 Å². The predicted octanol–water partition coefficient (Wildman–Crippen LogP) is 1.54. The van der Waals surface area contributed by atoms with E-state index in [0.29, 0.717) is 18.2 Å². The van der Waals surface area contributed by atoms with Gasteiger partial charge in [-0.25, -0.2) is 10.8 Å². The third-order valence-corrected chi connectivity index (χ3v) is 3.30. The van der Waals surface area contributed by atoms with Gasteiger partial charge in [-0.1, -0.05) is 29.5 Å². The fourth-order valence-corrected chi connectivity index (χ4v) is 2.20. The molecule has 96 valence electrons. The first-order valence-corrected chi connectivity index (χ1v) is 6.38. The Labute approximate surface area is 109 Å². The van der Waals surface area contributed by atoms with Crippen molar-refractivity contribution in [2.24, 2.45) is 5.84 Å². The van der Waals surface area contributed by atoms with Crippen LogP contribution in [0.2, 0.25) is 0 Å². The summed E-state index contributed by atoms with van der Waals surface area (Å²) in [5.41, 5.74) is 3.50. The average molecular weight is 265 g/mol. The lowest BCUT2D eigenvalue weighted by Crippen LogP contribution is -2.05. The number of hydrazine groups is 1. The van der Waals surface area contributed by atoms with Crippen LogP contribution in [0.5, 0.6) is 5.75 Å². The Morgan fingerprint density at radius 3 is 2.94 bits per heavy atom. The summed E-state index contributed by atoms with van der Waals surface area (Å²) in [6.45, 7) is 0.559. The quantitative estimate of drug-likeness (QED) is 0.545. The summed E-state index contributed by atoms with van der Waals surface area (Å²) in [4.78, 5) is 5.06. The minimum atomic E-state index is 0.113. The van der Waals surface area contributed by atoms with Crippen LogP contribution in [-0.2, 0) is 13.0 Å². The Hall–Kier alpha value is -1.63. The van der Waals surface area contributed by atoms with E-state index in [1.165, 1.54) is 11.3 Å². The van der Waals surface area contributed by atoms with Gasteiger partial charge in [0.15, 0.2) is 5.13 Å². The molecule has 0 unspecified atom stereocenters. The lowest BCUT2D eigenvalue weighted by Gasteiger charge is -2.09. The number of aliphatic hydroxyl groups excluding tert-OH is 1. The zero-order valence-corrected chi connectivity index (χ0v) is 10.6. The van der Waals surface area contributed by atoms with Crippen molar-refractivity contribution in [3.05, 3.63) is 40.9 Å². The number of para-hydroxylation sites is 1. The minimum Gasteiger partial charge on any atom is -0.488 e. The van der Waals surface area contributed by atoms with Gasteiger partial charge < -0.3 is 9.84 Å². The molecule has 2 aromatic rings. The Kier molecular flexibility index (Phi) is 4.52. The van der Waals surface area contributed by atoms with Crippen LogP contribution in [0.3, 0.4) is 0 Å². The van der Waals surface area contributed by atoms with Crippen LogP contribution >= 0.6 is 11.3 Å². The molecule has 5 nitrogen and oxygen atoms in total. The summed E-state index contributed by atoms with van der Waals surface area (Å²) in [5.74, 6) is 6.06. The van der Waals surface area contributed by atoms with Crippen LogP contribution < -0.4 is 16.0 Å². The second-order valence-corrected chi connectivity index (χ2v) is 4.76. The molecule has 0 aliphatic rings. The number of hydrogen-bond donors (Lipinski definition) is 3. The highest BCUT2D eigenvalue weighted by Crippen LogP contribution is 2.22. The highest BCUT2D eigenvalue weighted by molar-refractivity contribution is 7.15. The first-order chi connectivity index (χ1) is 8.83. The third-order valence-electron chi connectivity index (χ3n) is 2.40. The van der Waals surface area contributed by atoms with E-state index in [2.05, 4.69) is 10.4 Å². The molecular formula is C12H15N3O2S. The zero-order chi connectivity index (χ0) is 12.8. The Bertz CT molecular complexity index is 502. The van der Waals surface area contributed by atoms with E-state index in [9.17, 15) is 0 Å². The molecule has 0 bridgehead atoms. The summed E-state index contributed by atoms with van der Waals surface area (Å²) in [5, 5.41) is 9.64. The number of rotatable bonds is 6. The normalized spacial score (nSPS) is 10.3. The van der Waals surface area contributed by atoms with Crippen molar-refractivity contribution in [2.45, 2.75) is 13.0 Å². The van der Waals surface area contributed by atoms with E-state index in [4.69, 9.17) is 15.7 Å². The van der Waals surface area contributed by atoms with Crippen LogP contribution in [0.15, 0.2) is 30.5 Å². The van der Waals surface area contributed by atoms with Gasteiger partial charge in [0.1, 0.15) is 12.4 Å². The van der Waals surface area contributed by atoms with Crippen molar-refractivity contribution in [3.8, 4) is 5.75 Å². The van der Waals surface area contributed by atoms with Crippen molar-refractivity contribution in [1.82, 2.24) is 4.98 Å². The maximum absolute atomic E-state index is 8.98. The Morgan fingerprint density at radius 1 is 1.39 bits per heavy atom. The number of benzene rings is 1. The molecule has 0 saturated heterocycles. The van der Waals surface area contributed by atoms with Gasteiger partial charge in [0.25, 0.3) is 0 Å². The lowest BCUT2D eigenvalue weighted by molar-refractivity contribution is 0.285. The van der Waals surface area contributed by atoms with Crippen molar-refractivity contribution in [1.29, 1.82) is 0 Å². The molecule has 0 atom stereocenters. The number of aromatic nitrogens is 1. The van der Waals surface area contributed by atoms with Crippen LogP contribution in [0.1, 0.15) is 10.4 Å². The molecular weight excluding hydrogens is 250 g/mol. The summed E-state index contributed by atoms with van der Waals surface area (Å²) in [7, 11) is 0. The average Bonchev–Trinajstić information content (AvgIpc) is 2.86. The molecule has 0 spiro atoms. The smallest absolute Gasteiger partial charge is 0.197 e. The number of nitrogens with one attached hydrogen (secondary N) is 1. The number of nitrogens with zero attached hydrogens (tertiary/aromatic N) is 1. The minimum absolute atomic E-state index is 0.113. The maximum atomic E-state index is 8.98. The fraction of sp³-hybridized carbons (Fsp3) is 0.250. The largest absolute Gasteiger partial charge is 0.488 e. The molecule has 0 fully saturated rings. The zero-order valence-electron chi connectivity index (χ0n) is 9.80. The van der Waals surface area contributed by atoms with Crippen LogP contribution in [0.4, 0.5) is 5.13 Å². The Balaban J connectivity index is 2.01. The van der Waals surface area contributed by atoms with E-state index < -0.39 is 0 Å². The van der Waals surface area contributed by atoms with Crippen molar-refractivity contribution in [2.75, 3.05) is 12.0 Å². The van der Waals surface area contributed by atoms with Gasteiger partial charge in [0, 0.05) is 12.8 Å². The van der Waals surface area contributed by atoms with Crippen molar-refractivity contribution in [3.63, 3.8) is 0 Å². The van der Waals surface area contributed by atoms with Crippen LogP contribution in [0.25, 0.3) is 0 Å². The molecule has 0 radical (unpaired) electrons. The van der Waals surface area contributed by atoms with Gasteiger partial charge in [0.05, 0.1) is 4.88 Å². The number of anilines is 1. The first kappa shape index (κ1) is 12.8. The molecule has 0 aliphatic carbocycles. The highest BCUT2D eigenvalue weighted by Gasteiger charge is 2.05. The molecule has 0 aliphatic heterocycles. The van der Waals surface area contributed by atoms with Crippen molar-refractivity contribution < 1.29 is 9.84 Å².